The van der Waals surface area contributed by atoms with Crippen LogP contribution >= 0.6 is 0 Å². The standard InChI is InChI=1S/C64H39NSe/c1-3-19-40(20-4-1)42-37-38-56-54(39-42)43-23-15-16-34-55(43)65(56)64-50-30-13-11-28-48(50)61(49-29-12-14-31-51(49)64)53-33-18-36-58-63(53)62-52(32-17-35-57(62)66-58)60-46-26-9-7-24-44(46)59(41-21-5-2-6-22-41)45-25-8-10-27-47(45)60/h1-39H. The molecule has 14 aromatic rings. The first-order valence-electron chi connectivity index (χ1n) is 22.8. The van der Waals surface area contributed by atoms with Crippen LogP contribution in [0.4, 0.5) is 0 Å². The Labute approximate surface area is 387 Å². The first-order chi connectivity index (χ1) is 32.8. The second-order valence-corrected chi connectivity index (χ2v) is 19.7. The van der Waals surface area contributed by atoms with Crippen LogP contribution in [-0.4, -0.2) is 19.1 Å². The van der Waals surface area contributed by atoms with Gasteiger partial charge in [-0.3, -0.25) is 0 Å². The summed E-state index contributed by atoms with van der Waals surface area (Å²) in [6.07, 6.45) is 0. The van der Waals surface area contributed by atoms with Gasteiger partial charge < -0.3 is 0 Å². The molecule has 0 aliphatic carbocycles. The third kappa shape index (κ3) is 5.47. The molecular formula is C64H39NSe. The van der Waals surface area contributed by atoms with Gasteiger partial charge in [0, 0.05) is 0 Å². The van der Waals surface area contributed by atoms with E-state index in [-0.39, 0.29) is 14.5 Å². The molecule has 0 atom stereocenters. The summed E-state index contributed by atoms with van der Waals surface area (Å²) in [5.74, 6) is 0. The quantitative estimate of drug-likeness (QED) is 0.120. The fraction of sp³-hybridized carbons (Fsp3) is 0. The van der Waals surface area contributed by atoms with Crippen molar-refractivity contribution in [1.82, 2.24) is 4.57 Å². The molecule has 0 aliphatic rings. The van der Waals surface area contributed by atoms with Gasteiger partial charge in [-0.05, 0) is 5.56 Å². The molecule has 2 heteroatoms. The Morgan fingerprint density at radius 2 is 0.667 bits per heavy atom. The first kappa shape index (κ1) is 37.4. The van der Waals surface area contributed by atoms with Crippen LogP contribution in [-0.2, 0) is 0 Å². The van der Waals surface area contributed by atoms with E-state index in [1.165, 1.54) is 134 Å². The van der Waals surface area contributed by atoms with E-state index in [4.69, 9.17) is 0 Å². The van der Waals surface area contributed by atoms with Crippen LogP contribution in [0.15, 0.2) is 237 Å². The van der Waals surface area contributed by atoms with Gasteiger partial charge in [-0.1, -0.05) is 30.3 Å². The van der Waals surface area contributed by atoms with Gasteiger partial charge >= 0.3 is 354 Å². The number of aromatic nitrogens is 1. The van der Waals surface area contributed by atoms with E-state index in [1.54, 1.807) is 0 Å². The molecule has 0 spiro atoms. The number of para-hydroxylation sites is 1. The Kier molecular flexibility index (Phi) is 8.37. The average molecular weight is 901 g/mol. The summed E-state index contributed by atoms with van der Waals surface area (Å²) in [5.41, 5.74) is 13.8. The first-order valence-corrected chi connectivity index (χ1v) is 24.5. The molecule has 14 rings (SSSR count). The van der Waals surface area contributed by atoms with Crippen molar-refractivity contribution in [3.63, 3.8) is 0 Å². The second-order valence-electron chi connectivity index (χ2n) is 17.4. The van der Waals surface area contributed by atoms with Gasteiger partial charge in [0.15, 0.2) is 0 Å². The molecule has 0 bridgehead atoms. The van der Waals surface area contributed by atoms with E-state index in [2.05, 4.69) is 241 Å². The van der Waals surface area contributed by atoms with Crippen LogP contribution < -0.4 is 0 Å². The third-order valence-corrected chi connectivity index (χ3v) is 16.3. The molecule has 2 aromatic heterocycles. The Morgan fingerprint density at radius 3 is 1.20 bits per heavy atom. The van der Waals surface area contributed by atoms with E-state index in [0.717, 1.165) is 0 Å². The summed E-state index contributed by atoms with van der Waals surface area (Å²) in [7, 11) is 0. The molecule has 2 heterocycles. The van der Waals surface area contributed by atoms with Crippen LogP contribution in [0, 0.1) is 0 Å². The smallest absolute Gasteiger partial charge is 0.0544 e. The van der Waals surface area contributed by atoms with E-state index >= 15 is 0 Å². The predicted octanol–water partition coefficient (Wildman–Crippen LogP) is 17.4. The molecule has 12 aromatic carbocycles. The van der Waals surface area contributed by atoms with Gasteiger partial charge in [0.25, 0.3) is 0 Å². The molecule has 0 N–H and O–H groups in total. The molecule has 0 unspecified atom stereocenters. The van der Waals surface area contributed by atoms with Crippen molar-refractivity contribution in [3.05, 3.63) is 237 Å². The molecule has 0 saturated heterocycles. The number of hydrogen-bond acceptors (Lipinski definition) is 0. The minimum absolute atomic E-state index is 0.138. The summed E-state index contributed by atoms with van der Waals surface area (Å²) in [5, 5.41) is 15.4. The van der Waals surface area contributed by atoms with Crippen molar-refractivity contribution >= 4 is 98.7 Å². The summed E-state index contributed by atoms with van der Waals surface area (Å²) in [6, 6.07) is 88.2. The number of benzene rings is 12. The zero-order valence-corrected chi connectivity index (χ0v) is 37.6. The van der Waals surface area contributed by atoms with Crippen molar-refractivity contribution in [1.29, 1.82) is 0 Å². The third-order valence-electron chi connectivity index (χ3n) is 14.0. The molecule has 0 aliphatic heterocycles. The number of fused-ring (bicyclic) bond motifs is 10. The normalized spacial score (nSPS) is 11.9. The monoisotopic (exact) mass is 901 g/mol. The molecular weight excluding hydrogens is 862 g/mol. The van der Waals surface area contributed by atoms with E-state index in [0.29, 0.717) is 0 Å². The van der Waals surface area contributed by atoms with Crippen molar-refractivity contribution in [3.8, 4) is 50.2 Å². The van der Waals surface area contributed by atoms with Crippen LogP contribution in [0.25, 0.3) is 134 Å². The fourth-order valence-corrected chi connectivity index (χ4v) is 13.7. The SMILES string of the molecule is c1ccc(-c2ccc3c(c2)c2ccccc2n3-c2c3ccccc3c(-c3cccc4[se]c5cccc(-c6c7ccccc7c(-c7ccccc7)c7ccccc67)c5c34)c3ccccc23)cc1. The minimum atomic E-state index is 0.138. The number of rotatable bonds is 5. The van der Waals surface area contributed by atoms with Crippen LogP contribution in [0.5, 0.6) is 0 Å². The summed E-state index contributed by atoms with van der Waals surface area (Å²) < 4.78 is 5.41. The molecule has 1 nitrogen and oxygen atoms in total. The largest absolute Gasteiger partial charge is 0.0617 e. The molecule has 66 heavy (non-hydrogen) atoms. The van der Waals surface area contributed by atoms with Crippen molar-refractivity contribution < 1.29 is 0 Å². The van der Waals surface area contributed by atoms with Gasteiger partial charge in [0.1, 0.15) is 0 Å². The van der Waals surface area contributed by atoms with Gasteiger partial charge in [0.2, 0.25) is 0 Å². The summed E-state index contributed by atoms with van der Waals surface area (Å²) >= 11 is 0.138. The maximum absolute atomic E-state index is 2.54. The summed E-state index contributed by atoms with van der Waals surface area (Å²) in [6.45, 7) is 0. The molecule has 0 fully saturated rings. The van der Waals surface area contributed by atoms with Gasteiger partial charge in [-0.25, -0.2) is 0 Å². The molecule has 0 radical (unpaired) electrons. The van der Waals surface area contributed by atoms with Gasteiger partial charge in [-0.2, -0.15) is 0 Å². The molecule has 0 saturated carbocycles. The Hall–Kier alpha value is -8.00. The van der Waals surface area contributed by atoms with E-state index in [1.807, 2.05) is 0 Å². The topological polar surface area (TPSA) is 4.93 Å². The second kappa shape index (κ2) is 14.8. The van der Waals surface area contributed by atoms with Crippen molar-refractivity contribution in [2.75, 3.05) is 0 Å². The maximum atomic E-state index is 2.54. The Morgan fingerprint density at radius 1 is 0.258 bits per heavy atom. The van der Waals surface area contributed by atoms with Crippen LogP contribution in [0.2, 0.25) is 0 Å². The minimum Gasteiger partial charge on any atom is -0.0617 e. The Balaban J connectivity index is 1.08. The van der Waals surface area contributed by atoms with Crippen molar-refractivity contribution in [2.45, 2.75) is 0 Å². The van der Waals surface area contributed by atoms with Crippen LogP contribution in [0.1, 0.15) is 0 Å². The predicted molar refractivity (Wildman–Crippen MR) is 285 cm³/mol. The van der Waals surface area contributed by atoms with Gasteiger partial charge in [-0.15, -0.1) is 0 Å². The van der Waals surface area contributed by atoms with Crippen molar-refractivity contribution in [2.24, 2.45) is 0 Å². The maximum Gasteiger partial charge on any atom is -0.0544 e. The van der Waals surface area contributed by atoms with E-state index < -0.39 is 0 Å². The van der Waals surface area contributed by atoms with Gasteiger partial charge in [0.05, 0.1) is 0 Å². The number of hydrogen-bond donors (Lipinski definition) is 0. The fourth-order valence-electron chi connectivity index (χ4n) is 11.3. The average Bonchev–Trinajstić information content (AvgIpc) is 3.94. The van der Waals surface area contributed by atoms with Crippen LogP contribution in [0.3, 0.4) is 0 Å². The summed E-state index contributed by atoms with van der Waals surface area (Å²) in [4.78, 5) is 0. The zero-order valence-electron chi connectivity index (χ0n) is 35.9. The number of nitrogens with zero attached hydrogens (tertiary/aromatic N) is 1. The Bertz CT molecular complexity index is 4160. The molecule has 0 amide bonds. The van der Waals surface area contributed by atoms with E-state index in [9.17, 15) is 0 Å². The zero-order chi connectivity index (χ0) is 43.3. The molecule has 306 valence electrons.